The Bertz CT molecular complexity index is 1390. The second-order valence-electron chi connectivity index (χ2n) is 18.2. The summed E-state index contributed by atoms with van der Waals surface area (Å²) < 4.78 is 50.9. The number of aliphatic hydroxyl groups is 3. The first-order valence-corrected chi connectivity index (χ1v) is 21.2. The van der Waals surface area contributed by atoms with Gasteiger partial charge >= 0.3 is 5.97 Å². The summed E-state index contributed by atoms with van der Waals surface area (Å²) in [7, 11) is 8.95. The predicted octanol–water partition coefficient (Wildman–Crippen LogP) is 3.86. The Kier molecular flexibility index (Phi) is 18.0. The van der Waals surface area contributed by atoms with Gasteiger partial charge in [0, 0.05) is 39.1 Å². The number of esters is 1. The minimum Gasteiger partial charge on any atom is -0.464 e. The van der Waals surface area contributed by atoms with Gasteiger partial charge in [-0.15, -0.1) is 0 Å². The summed E-state index contributed by atoms with van der Waals surface area (Å²) in [6, 6.07) is 9.35. The van der Waals surface area contributed by atoms with Crippen molar-refractivity contribution in [3.05, 3.63) is 35.9 Å². The number of aliphatic hydroxyl groups excluding tert-OH is 3. The molecule has 1 aromatic rings. The van der Waals surface area contributed by atoms with Crippen molar-refractivity contribution in [3.63, 3.8) is 0 Å². The second kappa shape index (κ2) is 21.3. The zero-order valence-electron chi connectivity index (χ0n) is 37.4. The van der Waals surface area contributed by atoms with Crippen molar-refractivity contribution in [3.8, 4) is 0 Å². The van der Waals surface area contributed by atoms with Gasteiger partial charge < -0.3 is 58.1 Å². The zero-order chi connectivity index (χ0) is 43.1. The van der Waals surface area contributed by atoms with Crippen LogP contribution in [-0.2, 0) is 49.3 Å². The van der Waals surface area contributed by atoms with E-state index in [9.17, 15) is 20.1 Å². The maximum atomic E-state index is 14.4. The molecule has 334 valence electrons. The Hall–Kier alpha value is -1.79. The lowest BCUT2D eigenvalue weighted by Gasteiger charge is -2.49. The normalized spacial score (nSPS) is 43.1. The number of methoxy groups -OCH3 is 2. The molecule has 0 unspecified atom stereocenters. The molecule has 3 N–H and O–H groups in total. The number of nitrogens with zero attached hydrogens (tertiary/aromatic N) is 2. The number of carbonyl (C=O) groups excluding carboxylic acids is 1. The maximum Gasteiger partial charge on any atom is 0.311 e. The Morgan fingerprint density at radius 3 is 2.16 bits per heavy atom. The Morgan fingerprint density at radius 1 is 0.879 bits per heavy atom. The molecule has 4 rings (SSSR count). The van der Waals surface area contributed by atoms with Gasteiger partial charge in [0.2, 0.25) is 0 Å². The van der Waals surface area contributed by atoms with Gasteiger partial charge in [-0.1, -0.05) is 51.1 Å². The Labute approximate surface area is 347 Å². The molecule has 14 heteroatoms. The summed E-state index contributed by atoms with van der Waals surface area (Å²) >= 11 is 0. The van der Waals surface area contributed by atoms with Crippen molar-refractivity contribution < 1.29 is 58.0 Å². The van der Waals surface area contributed by atoms with Crippen LogP contribution in [-0.4, -0.2) is 165 Å². The first kappa shape index (κ1) is 48.9. The van der Waals surface area contributed by atoms with Crippen LogP contribution in [0.2, 0.25) is 0 Å². The maximum absolute atomic E-state index is 14.4. The van der Waals surface area contributed by atoms with Gasteiger partial charge in [-0.2, -0.15) is 0 Å². The number of ether oxygens (including phenoxy) is 8. The quantitative estimate of drug-likeness (QED) is 0.277. The highest BCUT2D eigenvalue weighted by Gasteiger charge is 2.52. The van der Waals surface area contributed by atoms with Gasteiger partial charge in [0.15, 0.2) is 12.6 Å². The molecule has 17 atom stereocenters. The number of carbonyl (C=O) groups is 1. The predicted molar refractivity (Wildman–Crippen MR) is 219 cm³/mol. The Balaban J connectivity index is 1.76. The first-order valence-electron chi connectivity index (χ1n) is 21.2. The average molecular weight is 825 g/mol. The lowest BCUT2D eigenvalue weighted by atomic mass is 9.75. The standard InChI is InChI=1S/C44H76N2O12/c1-26-20-44(8,52-13)40(58-42-37(48)34(45(9)10)19-28(3)55-42)29(4)38(57-35-21-43(7,51-12)39(49)31(6)56-35)30(5)41(50)54-25-33(46(11)22-27(2)36(26)47)24-53-23-32-17-15-14-16-18-32/h14-18,26-31,33-40,42,47-49H,19-25H2,1-13H3/t26-,27-,28-,29+,30-,31+,33+,34+,35+,36+,37-,38+,39+,40-,42+,43-,44-/m1/s1. The average Bonchev–Trinajstić information content (AvgIpc) is 3.19. The van der Waals surface area contributed by atoms with Crippen molar-refractivity contribution in [1.82, 2.24) is 9.80 Å². The molecular weight excluding hydrogens is 748 g/mol. The molecule has 3 fully saturated rings. The fourth-order valence-electron chi connectivity index (χ4n) is 9.24. The molecule has 0 radical (unpaired) electrons. The van der Waals surface area contributed by atoms with E-state index >= 15 is 0 Å². The third kappa shape index (κ3) is 12.0. The second-order valence-corrected chi connectivity index (χ2v) is 18.2. The van der Waals surface area contributed by atoms with Crippen molar-refractivity contribution in [1.29, 1.82) is 0 Å². The molecule has 0 amide bonds. The fourth-order valence-corrected chi connectivity index (χ4v) is 9.24. The monoisotopic (exact) mass is 825 g/mol. The summed E-state index contributed by atoms with van der Waals surface area (Å²) in [5.41, 5.74) is -1.03. The molecule has 58 heavy (non-hydrogen) atoms. The van der Waals surface area contributed by atoms with Crippen LogP contribution in [0.15, 0.2) is 30.3 Å². The molecule has 3 saturated heterocycles. The highest BCUT2D eigenvalue weighted by Crippen LogP contribution is 2.41. The van der Waals surface area contributed by atoms with E-state index in [1.807, 2.05) is 97.9 Å². The smallest absolute Gasteiger partial charge is 0.311 e. The molecule has 14 nitrogen and oxygen atoms in total. The molecule has 0 spiro atoms. The lowest BCUT2D eigenvalue weighted by Crippen LogP contribution is -2.61. The summed E-state index contributed by atoms with van der Waals surface area (Å²) in [5.74, 6) is -2.39. The van der Waals surface area contributed by atoms with E-state index in [4.69, 9.17) is 37.9 Å². The largest absolute Gasteiger partial charge is 0.464 e. The minimum atomic E-state index is -1.08. The van der Waals surface area contributed by atoms with Crippen LogP contribution in [0.3, 0.4) is 0 Å². The van der Waals surface area contributed by atoms with Crippen LogP contribution in [0.1, 0.15) is 80.2 Å². The SMILES string of the molecule is CO[C@]1(C)C[C@@H](C)[C@H](O)[C@H](C)CN(C)[C@@H](COCc2ccccc2)COC(=O)[C@H](C)[C@@H](O[C@H]2C[C@@](C)(OC)[C@@H](O)[C@H](C)O2)[C@H](C)[C@H]1O[C@@H]1O[C@H](C)C[C@H](N(C)C)[C@H]1O. The number of cyclic esters (lactones) is 1. The van der Waals surface area contributed by atoms with Crippen LogP contribution in [0, 0.1) is 23.7 Å². The van der Waals surface area contributed by atoms with Gasteiger partial charge in [0.25, 0.3) is 0 Å². The van der Waals surface area contributed by atoms with E-state index in [-0.39, 0.29) is 43.1 Å². The number of benzene rings is 1. The van der Waals surface area contributed by atoms with Crippen molar-refractivity contribution in [2.45, 2.75) is 160 Å². The molecule has 0 saturated carbocycles. The van der Waals surface area contributed by atoms with Crippen LogP contribution < -0.4 is 0 Å². The molecule has 0 aromatic heterocycles. The Morgan fingerprint density at radius 2 is 1.53 bits per heavy atom. The van der Waals surface area contributed by atoms with Crippen molar-refractivity contribution in [2.24, 2.45) is 23.7 Å². The van der Waals surface area contributed by atoms with Gasteiger partial charge in [0.05, 0.1) is 66.9 Å². The summed E-state index contributed by atoms with van der Waals surface area (Å²) in [6.45, 7) is 16.4. The lowest BCUT2D eigenvalue weighted by molar-refractivity contribution is -0.319. The zero-order valence-corrected chi connectivity index (χ0v) is 37.4. The van der Waals surface area contributed by atoms with Crippen LogP contribution in [0.4, 0.5) is 0 Å². The third-order valence-electron chi connectivity index (χ3n) is 13.2. The molecule has 0 aliphatic carbocycles. The van der Waals surface area contributed by atoms with E-state index in [2.05, 4.69) is 4.90 Å². The van der Waals surface area contributed by atoms with Crippen molar-refractivity contribution >= 4 is 5.97 Å². The minimum absolute atomic E-state index is 0.0421. The van der Waals surface area contributed by atoms with Gasteiger partial charge in [0.1, 0.15) is 18.8 Å². The topological polar surface area (TPSA) is 158 Å². The molecule has 1 aromatic carbocycles. The first-order chi connectivity index (χ1) is 27.2. The molecular formula is C44H76N2O12. The third-order valence-corrected chi connectivity index (χ3v) is 13.2. The van der Waals surface area contributed by atoms with E-state index < -0.39 is 78.2 Å². The molecule has 0 bridgehead atoms. The molecule has 3 aliphatic heterocycles. The van der Waals surface area contributed by atoms with E-state index in [1.54, 1.807) is 28.1 Å². The number of likely N-dealkylation sites (N-methyl/N-ethyl adjacent to an activating group) is 2. The molecule has 3 aliphatic rings. The summed E-state index contributed by atoms with van der Waals surface area (Å²) in [6.07, 6.45) is -5.97. The van der Waals surface area contributed by atoms with Gasteiger partial charge in [-0.05, 0) is 86.0 Å². The fraction of sp³-hybridized carbons (Fsp3) is 0.841. The number of rotatable bonds is 11. The molecule has 3 heterocycles. The van der Waals surface area contributed by atoms with Crippen molar-refractivity contribution in [2.75, 3.05) is 55.1 Å². The van der Waals surface area contributed by atoms with E-state index in [0.717, 1.165) is 5.56 Å². The highest BCUT2D eigenvalue weighted by atomic mass is 16.7. The number of hydrogen-bond acceptors (Lipinski definition) is 14. The number of hydrogen-bond donors (Lipinski definition) is 3. The van der Waals surface area contributed by atoms with E-state index in [1.165, 1.54) is 0 Å². The van der Waals surface area contributed by atoms with Gasteiger partial charge in [-0.3, -0.25) is 9.69 Å². The van der Waals surface area contributed by atoms with Gasteiger partial charge in [-0.25, -0.2) is 0 Å². The summed E-state index contributed by atoms with van der Waals surface area (Å²) in [4.78, 5) is 18.4. The van der Waals surface area contributed by atoms with Crippen LogP contribution in [0.25, 0.3) is 0 Å². The van der Waals surface area contributed by atoms with E-state index in [0.29, 0.717) is 32.6 Å². The van der Waals surface area contributed by atoms with Crippen LogP contribution >= 0.6 is 0 Å². The highest BCUT2D eigenvalue weighted by molar-refractivity contribution is 5.72. The van der Waals surface area contributed by atoms with Crippen LogP contribution in [0.5, 0.6) is 0 Å². The summed E-state index contributed by atoms with van der Waals surface area (Å²) in [5, 5.41) is 34.6.